The van der Waals surface area contributed by atoms with Gasteiger partial charge in [-0.3, -0.25) is 5.10 Å². The number of hydrogen-bond acceptors (Lipinski definition) is 4. The van der Waals surface area contributed by atoms with E-state index in [0.29, 0.717) is 12.2 Å². The number of amides is 1. The van der Waals surface area contributed by atoms with E-state index in [9.17, 15) is 4.79 Å². The van der Waals surface area contributed by atoms with E-state index in [1.54, 1.807) is 6.07 Å². The smallest absolute Gasteiger partial charge is 0.407 e. The lowest BCUT2D eigenvalue weighted by molar-refractivity contribution is 0.0509. The van der Waals surface area contributed by atoms with Gasteiger partial charge in [-0.1, -0.05) is 6.08 Å². The maximum atomic E-state index is 11.5. The lowest BCUT2D eigenvalue weighted by Crippen LogP contribution is -2.37. The normalized spacial score (nSPS) is 13.5. The molecule has 0 spiro atoms. The molecule has 0 radical (unpaired) electrons. The highest BCUT2D eigenvalue weighted by atomic mass is 16.6. The van der Waals surface area contributed by atoms with Gasteiger partial charge in [0.05, 0.1) is 5.69 Å². The Labute approximate surface area is 113 Å². The van der Waals surface area contributed by atoms with Gasteiger partial charge >= 0.3 is 6.09 Å². The quantitative estimate of drug-likeness (QED) is 0.779. The zero-order valence-corrected chi connectivity index (χ0v) is 11.9. The molecule has 1 rings (SSSR count). The van der Waals surface area contributed by atoms with Crippen LogP contribution in [0.5, 0.6) is 0 Å². The van der Waals surface area contributed by atoms with Crippen LogP contribution in [0, 0.1) is 0 Å². The van der Waals surface area contributed by atoms with Gasteiger partial charge in [-0.25, -0.2) is 4.79 Å². The first-order chi connectivity index (χ1) is 8.76. The minimum absolute atomic E-state index is 0.00799. The van der Waals surface area contributed by atoms with Crippen molar-refractivity contribution < 1.29 is 9.53 Å². The second kappa shape index (κ2) is 6.26. The maximum Gasteiger partial charge on any atom is 0.407 e. The Morgan fingerprint density at radius 1 is 1.63 bits per heavy atom. The number of H-pyrrole nitrogens is 1. The fourth-order valence-corrected chi connectivity index (χ4v) is 1.41. The van der Waals surface area contributed by atoms with Crippen molar-refractivity contribution in [3.63, 3.8) is 0 Å². The Bertz CT molecular complexity index is 446. The molecule has 0 unspecified atom stereocenters. The highest BCUT2D eigenvalue weighted by molar-refractivity contribution is 5.68. The van der Waals surface area contributed by atoms with Crippen LogP contribution in [0.25, 0.3) is 6.08 Å². The average molecular weight is 266 g/mol. The Morgan fingerprint density at radius 3 is 2.84 bits per heavy atom. The van der Waals surface area contributed by atoms with Crippen LogP contribution < -0.4 is 11.1 Å². The van der Waals surface area contributed by atoms with E-state index in [1.807, 2.05) is 39.8 Å². The molecular formula is C13H22N4O2. The highest BCUT2D eigenvalue weighted by Gasteiger charge is 2.17. The Hall–Kier alpha value is -1.98. The number of carbonyl (C=O) groups is 1. The molecule has 1 aromatic heterocycles. The molecule has 0 aliphatic carbocycles. The van der Waals surface area contributed by atoms with Crippen molar-refractivity contribution in [2.45, 2.75) is 45.8 Å². The number of nitrogens with two attached hydrogens (primary N) is 1. The van der Waals surface area contributed by atoms with Crippen molar-refractivity contribution in [1.82, 2.24) is 15.5 Å². The molecule has 4 N–H and O–H groups in total. The van der Waals surface area contributed by atoms with E-state index in [4.69, 9.17) is 10.5 Å². The topological polar surface area (TPSA) is 93.0 Å². The standard InChI is InChI=1S/C13H22N4O2/c1-9(15-12(18)19-13(2,3)4)6-5-7-10-8-11(14)17-16-10/h5,7-9H,6H2,1-4H3,(H,15,18)(H3,14,16,17)/b7-5+/t9-/m0/s1. The molecule has 0 aliphatic heterocycles. The van der Waals surface area contributed by atoms with Crippen LogP contribution in [0.15, 0.2) is 12.1 Å². The summed E-state index contributed by atoms with van der Waals surface area (Å²) in [6, 6.07) is 1.73. The number of carbonyl (C=O) groups excluding carboxylic acids is 1. The van der Waals surface area contributed by atoms with Crippen molar-refractivity contribution >= 4 is 18.0 Å². The number of nitrogen functional groups attached to an aromatic ring is 1. The second-order valence-corrected chi connectivity index (χ2v) is 5.43. The molecule has 1 atom stereocenters. The minimum Gasteiger partial charge on any atom is -0.444 e. The van der Waals surface area contributed by atoms with E-state index < -0.39 is 11.7 Å². The van der Waals surface area contributed by atoms with Gasteiger partial charge in [0.1, 0.15) is 11.4 Å². The lowest BCUT2D eigenvalue weighted by atomic mass is 10.2. The van der Waals surface area contributed by atoms with Gasteiger partial charge in [-0.2, -0.15) is 5.10 Å². The number of nitrogens with one attached hydrogen (secondary N) is 2. The number of alkyl carbamates (subject to hydrolysis) is 1. The number of rotatable bonds is 4. The van der Waals surface area contributed by atoms with Crippen LogP contribution in [0.4, 0.5) is 10.6 Å². The molecule has 0 bridgehead atoms. The SMILES string of the molecule is C[C@@H](C/C=C/c1cc(N)n[nH]1)NC(=O)OC(C)(C)C. The largest absolute Gasteiger partial charge is 0.444 e. The maximum absolute atomic E-state index is 11.5. The summed E-state index contributed by atoms with van der Waals surface area (Å²) in [5, 5.41) is 9.36. The molecule has 1 aromatic rings. The molecule has 0 saturated heterocycles. The fourth-order valence-electron chi connectivity index (χ4n) is 1.41. The molecule has 19 heavy (non-hydrogen) atoms. The van der Waals surface area contributed by atoms with E-state index in [0.717, 1.165) is 5.69 Å². The fraction of sp³-hybridized carbons (Fsp3) is 0.538. The van der Waals surface area contributed by atoms with Crippen molar-refractivity contribution in [3.8, 4) is 0 Å². The van der Waals surface area contributed by atoms with Gasteiger partial charge in [0.25, 0.3) is 0 Å². The molecule has 6 heteroatoms. The second-order valence-electron chi connectivity index (χ2n) is 5.43. The zero-order valence-electron chi connectivity index (χ0n) is 11.9. The summed E-state index contributed by atoms with van der Waals surface area (Å²) in [4.78, 5) is 11.5. The molecule has 0 aliphatic rings. The summed E-state index contributed by atoms with van der Waals surface area (Å²) < 4.78 is 5.17. The van der Waals surface area contributed by atoms with Crippen molar-refractivity contribution in [2.75, 3.05) is 5.73 Å². The van der Waals surface area contributed by atoms with Crippen molar-refractivity contribution in [1.29, 1.82) is 0 Å². The first kappa shape index (κ1) is 15.1. The van der Waals surface area contributed by atoms with Crippen LogP contribution in [0.2, 0.25) is 0 Å². The molecule has 6 nitrogen and oxygen atoms in total. The molecule has 1 amide bonds. The highest BCUT2D eigenvalue weighted by Crippen LogP contribution is 2.08. The van der Waals surface area contributed by atoms with Crippen LogP contribution in [-0.4, -0.2) is 27.9 Å². The van der Waals surface area contributed by atoms with Crippen molar-refractivity contribution in [3.05, 3.63) is 17.8 Å². The van der Waals surface area contributed by atoms with Crippen LogP contribution >= 0.6 is 0 Å². The first-order valence-corrected chi connectivity index (χ1v) is 6.23. The van der Waals surface area contributed by atoms with Crippen molar-refractivity contribution in [2.24, 2.45) is 0 Å². The molecule has 0 fully saturated rings. The van der Waals surface area contributed by atoms with Gasteiger partial charge in [0.2, 0.25) is 0 Å². The predicted octanol–water partition coefficient (Wildman–Crippen LogP) is 2.31. The zero-order chi connectivity index (χ0) is 14.5. The summed E-state index contributed by atoms with van der Waals surface area (Å²) >= 11 is 0. The Morgan fingerprint density at radius 2 is 2.32 bits per heavy atom. The molecule has 1 heterocycles. The summed E-state index contributed by atoms with van der Waals surface area (Å²) in [5.74, 6) is 0.458. The van der Waals surface area contributed by atoms with Gasteiger partial charge < -0.3 is 15.8 Å². The number of hydrogen-bond donors (Lipinski definition) is 3. The monoisotopic (exact) mass is 266 g/mol. The molecule has 0 saturated carbocycles. The number of nitrogens with zero attached hydrogens (tertiary/aromatic N) is 1. The third-order valence-electron chi connectivity index (χ3n) is 2.17. The third-order valence-corrected chi connectivity index (χ3v) is 2.17. The van der Waals surface area contributed by atoms with Gasteiger partial charge in [-0.05, 0) is 40.2 Å². The van der Waals surface area contributed by atoms with Crippen LogP contribution in [0.1, 0.15) is 39.8 Å². The van der Waals surface area contributed by atoms with Gasteiger partial charge in [-0.15, -0.1) is 0 Å². The summed E-state index contributed by atoms with van der Waals surface area (Å²) in [6.45, 7) is 7.41. The van der Waals surface area contributed by atoms with Gasteiger partial charge in [0.15, 0.2) is 0 Å². The van der Waals surface area contributed by atoms with E-state index >= 15 is 0 Å². The molecular weight excluding hydrogens is 244 g/mol. The molecule has 106 valence electrons. The number of aromatic nitrogens is 2. The number of aromatic amines is 1. The van der Waals surface area contributed by atoms with Crippen LogP contribution in [0.3, 0.4) is 0 Å². The van der Waals surface area contributed by atoms with E-state index in [-0.39, 0.29) is 6.04 Å². The molecule has 0 aromatic carbocycles. The Kier molecular flexibility index (Phi) is 4.97. The lowest BCUT2D eigenvalue weighted by Gasteiger charge is -2.21. The summed E-state index contributed by atoms with van der Waals surface area (Å²) in [5.41, 5.74) is 5.84. The van der Waals surface area contributed by atoms with Crippen LogP contribution in [-0.2, 0) is 4.74 Å². The summed E-state index contributed by atoms with van der Waals surface area (Å²) in [7, 11) is 0. The van der Waals surface area contributed by atoms with E-state index in [1.165, 1.54) is 0 Å². The third kappa shape index (κ3) is 6.49. The Balaban J connectivity index is 2.33. The average Bonchev–Trinajstić information content (AvgIpc) is 2.60. The van der Waals surface area contributed by atoms with E-state index in [2.05, 4.69) is 15.5 Å². The number of anilines is 1. The first-order valence-electron chi connectivity index (χ1n) is 6.23. The number of ether oxygens (including phenoxy) is 1. The van der Waals surface area contributed by atoms with Gasteiger partial charge in [0, 0.05) is 12.1 Å². The minimum atomic E-state index is -0.479. The summed E-state index contributed by atoms with van der Waals surface area (Å²) in [6.07, 6.45) is 4.10. The predicted molar refractivity (Wildman–Crippen MR) is 75.5 cm³/mol.